The normalized spacial score (nSPS) is 35.2. The van der Waals surface area contributed by atoms with Crippen molar-refractivity contribution in [1.82, 2.24) is 20.9 Å². The van der Waals surface area contributed by atoms with E-state index in [4.69, 9.17) is 4.74 Å². The molecule has 1 aliphatic carbocycles. The summed E-state index contributed by atoms with van der Waals surface area (Å²) in [5.41, 5.74) is -0.331. The van der Waals surface area contributed by atoms with Crippen LogP contribution in [0.5, 0.6) is 0 Å². The summed E-state index contributed by atoms with van der Waals surface area (Å²) in [6, 6.07) is -2.45. The van der Waals surface area contributed by atoms with Crippen LogP contribution < -0.4 is 16.0 Å². The van der Waals surface area contributed by atoms with Gasteiger partial charge in [0.1, 0.15) is 18.1 Å². The number of ether oxygens (including phenoxy) is 1. The van der Waals surface area contributed by atoms with E-state index < -0.39 is 35.9 Å². The molecule has 7 atom stereocenters. The van der Waals surface area contributed by atoms with Gasteiger partial charge in [0.25, 0.3) is 0 Å². The van der Waals surface area contributed by atoms with Gasteiger partial charge in [0.2, 0.25) is 23.6 Å². The largest absolute Gasteiger partial charge is 0.467 e. The van der Waals surface area contributed by atoms with E-state index in [0.717, 1.165) is 12.8 Å². The molecule has 10 nitrogen and oxygen atoms in total. The second-order valence-electron chi connectivity index (χ2n) is 13.5. The predicted octanol–water partition coefficient (Wildman–Crippen LogP) is 1.37. The molecule has 0 spiro atoms. The second-order valence-corrected chi connectivity index (χ2v) is 13.5. The molecule has 3 saturated heterocycles. The van der Waals surface area contributed by atoms with Crippen LogP contribution in [0.1, 0.15) is 73.1 Å². The summed E-state index contributed by atoms with van der Waals surface area (Å²) in [6.07, 6.45) is 3.16. The van der Waals surface area contributed by atoms with Crippen LogP contribution in [0.3, 0.4) is 0 Å². The van der Waals surface area contributed by atoms with Gasteiger partial charge in [0.05, 0.1) is 7.11 Å². The number of piperidine rings is 1. The van der Waals surface area contributed by atoms with Crippen molar-refractivity contribution >= 4 is 29.6 Å². The monoisotopic (exact) mass is 532 g/mol. The standard InChI is InChI=1S/C28H44N4O6/c1-27(2,3)12-20(33)30-18-10-8-7-9-15-13-29-23(34)16(15)11-19(26(37)38-6)31-24(35)22-21-17(28(21,4)5)14-32(22)25(18)36/h15-19,21-22H,7-14H2,1-6H3,(H,29,34)(H,30,33)(H,31,35)/t15-,16-,17-,18-,19-,21-,22-/m0/s1. The first kappa shape index (κ1) is 28.4. The summed E-state index contributed by atoms with van der Waals surface area (Å²) >= 11 is 0. The predicted molar refractivity (Wildman–Crippen MR) is 139 cm³/mol. The van der Waals surface area contributed by atoms with Gasteiger partial charge in [-0.2, -0.15) is 0 Å². The van der Waals surface area contributed by atoms with Gasteiger partial charge in [-0.3, -0.25) is 19.2 Å². The lowest BCUT2D eigenvalue weighted by molar-refractivity contribution is -0.148. The Morgan fingerprint density at radius 1 is 1.11 bits per heavy atom. The number of nitrogens with zero attached hydrogens (tertiary/aromatic N) is 1. The van der Waals surface area contributed by atoms with Crippen molar-refractivity contribution in [3.8, 4) is 0 Å². The molecule has 0 unspecified atom stereocenters. The molecule has 0 radical (unpaired) electrons. The SMILES string of the molecule is COC(=O)[C@@H]1C[C@@H]2C(=O)NC[C@@H]2CCCC[C@H](NC(=O)CC(C)(C)C)C(=O)N2C[C@H]3[C@@H]([C@H]2C(=O)N1)C3(C)C. The van der Waals surface area contributed by atoms with E-state index in [1.807, 2.05) is 20.8 Å². The number of carbonyl (C=O) groups is 5. The Bertz CT molecular complexity index is 988. The van der Waals surface area contributed by atoms with E-state index in [1.165, 1.54) is 7.11 Å². The minimum absolute atomic E-state index is 0.0221. The number of esters is 1. The first-order chi connectivity index (χ1) is 17.7. The van der Waals surface area contributed by atoms with Gasteiger partial charge in [-0.1, -0.05) is 47.5 Å². The summed E-state index contributed by atoms with van der Waals surface area (Å²) < 4.78 is 4.99. The highest BCUT2D eigenvalue weighted by Crippen LogP contribution is 2.65. The third-order valence-electron chi connectivity index (χ3n) is 9.14. The number of methoxy groups -OCH3 is 1. The molecule has 0 aromatic carbocycles. The molecule has 0 bridgehead atoms. The minimum Gasteiger partial charge on any atom is -0.467 e. The van der Waals surface area contributed by atoms with Gasteiger partial charge in [-0.05, 0) is 47.8 Å². The maximum atomic E-state index is 13.9. The van der Waals surface area contributed by atoms with E-state index in [-0.39, 0.29) is 59.1 Å². The lowest BCUT2D eigenvalue weighted by atomic mass is 9.85. The fraction of sp³-hybridized carbons (Fsp3) is 0.821. The van der Waals surface area contributed by atoms with Crippen molar-refractivity contribution in [3.63, 3.8) is 0 Å². The van der Waals surface area contributed by atoms with Gasteiger partial charge >= 0.3 is 5.97 Å². The van der Waals surface area contributed by atoms with E-state index in [1.54, 1.807) is 4.90 Å². The van der Waals surface area contributed by atoms with Gasteiger partial charge in [-0.25, -0.2) is 4.79 Å². The summed E-state index contributed by atoms with van der Waals surface area (Å²) in [7, 11) is 1.27. The Balaban J connectivity index is 1.63. The summed E-state index contributed by atoms with van der Waals surface area (Å²) in [5.74, 6) is -1.78. The molecule has 3 heterocycles. The third-order valence-corrected chi connectivity index (χ3v) is 9.14. The molecule has 4 fully saturated rings. The maximum Gasteiger partial charge on any atom is 0.328 e. The number of nitrogens with one attached hydrogen (secondary N) is 3. The molecule has 4 amide bonds. The van der Waals surface area contributed by atoms with Gasteiger partial charge in [0.15, 0.2) is 0 Å². The molecule has 4 aliphatic rings. The molecule has 10 heteroatoms. The Morgan fingerprint density at radius 2 is 1.79 bits per heavy atom. The van der Waals surface area contributed by atoms with Crippen LogP contribution in [-0.4, -0.2) is 72.8 Å². The van der Waals surface area contributed by atoms with Crippen molar-refractivity contribution < 1.29 is 28.7 Å². The Morgan fingerprint density at radius 3 is 2.45 bits per heavy atom. The van der Waals surface area contributed by atoms with Crippen molar-refractivity contribution in [3.05, 3.63) is 0 Å². The van der Waals surface area contributed by atoms with Crippen molar-refractivity contribution in [1.29, 1.82) is 0 Å². The Labute approximate surface area is 225 Å². The zero-order valence-electron chi connectivity index (χ0n) is 23.6. The quantitative estimate of drug-likeness (QED) is 0.470. The van der Waals surface area contributed by atoms with Crippen molar-refractivity contribution in [2.24, 2.45) is 34.5 Å². The number of hydrogen-bond acceptors (Lipinski definition) is 6. The first-order valence-electron chi connectivity index (χ1n) is 14.0. The molecule has 3 N–H and O–H groups in total. The van der Waals surface area contributed by atoms with Crippen molar-refractivity contribution in [2.75, 3.05) is 20.2 Å². The molecular formula is C28H44N4O6. The van der Waals surface area contributed by atoms with Crippen LogP contribution in [0.25, 0.3) is 0 Å². The zero-order chi connectivity index (χ0) is 28.0. The number of hydrogen-bond donors (Lipinski definition) is 3. The fourth-order valence-corrected chi connectivity index (χ4v) is 6.94. The van der Waals surface area contributed by atoms with E-state index in [9.17, 15) is 24.0 Å². The lowest BCUT2D eigenvalue weighted by Crippen LogP contribution is -2.58. The number of amides is 4. The van der Waals surface area contributed by atoms with Gasteiger partial charge < -0.3 is 25.6 Å². The highest BCUT2D eigenvalue weighted by atomic mass is 16.5. The molecule has 0 aromatic heterocycles. The molecule has 4 rings (SSSR count). The molecular weight excluding hydrogens is 488 g/mol. The fourth-order valence-electron chi connectivity index (χ4n) is 6.94. The first-order valence-corrected chi connectivity index (χ1v) is 14.0. The highest BCUT2D eigenvalue weighted by molar-refractivity contribution is 5.95. The van der Waals surface area contributed by atoms with Crippen LogP contribution in [0.4, 0.5) is 0 Å². The van der Waals surface area contributed by atoms with Gasteiger partial charge in [-0.15, -0.1) is 0 Å². The second kappa shape index (κ2) is 10.5. The number of fused-ring (bicyclic) bond motifs is 4. The molecule has 212 valence electrons. The van der Waals surface area contributed by atoms with Crippen LogP contribution in [0.15, 0.2) is 0 Å². The topological polar surface area (TPSA) is 134 Å². The van der Waals surface area contributed by atoms with Crippen LogP contribution in [0.2, 0.25) is 0 Å². The van der Waals surface area contributed by atoms with Crippen LogP contribution in [0, 0.1) is 34.5 Å². The minimum atomic E-state index is -0.980. The summed E-state index contributed by atoms with van der Waals surface area (Å²) in [4.78, 5) is 67.5. The van der Waals surface area contributed by atoms with Crippen LogP contribution >= 0.6 is 0 Å². The average Bonchev–Trinajstić information content (AvgIpc) is 3.13. The molecule has 3 aliphatic heterocycles. The Hall–Kier alpha value is -2.65. The number of rotatable bonds is 3. The smallest absolute Gasteiger partial charge is 0.328 e. The zero-order valence-corrected chi connectivity index (χ0v) is 23.6. The average molecular weight is 533 g/mol. The maximum absolute atomic E-state index is 13.9. The van der Waals surface area contributed by atoms with E-state index >= 15 is 0 Å². The molecule has 1 saturated carbocycles. The van der Waals surface area contributed by atoms with E-state index in [2.05, 4.69) is 29.8 Å². The van der Waals surface area contributed by atoms with Gasteiger partial charge in [0, 0.05) is 25.4 Å². The van der Waals surface area contributed by atoms with E-state index in [0.29, 0.717) is 25.9 Å². The summed E-state index contributed by atoms with van der Waals surface area (Å²) in [5, 5.41) is 8.73. The highest BCUT2D eigenvalue weighted by Gasteiger charge is 2.69. The molecule has 0 aromatic rings. The Kier molecular flexibility index (Phi) is 7.83. The van der Waals surface area contributed by atoms with Crippen LogP contribution in [-0.2, 0) is 28.7 Å². The lowest BCUT2D eigenvalue weighted by Gasteiger charge is -2.34. The number of carbonyl (C=O) groups excluding carboxylic acids is 5. The third kappa shape index (κ3) is 5.69. The summed E-state index contributed by atoms with van der Waals surface area (Å²) in [6.45, 7) is 11.1. The van der Waals surface area contributed by atoms with Crippen molar-refractivity contribution in [2.45, 2.75) is 91.3 Å². The molecule has 38 heavy (non-hydrogen) atoms.